The summed E-state index contributed by atoms with van der Waals surface area (Å²) in [5, 5.41) is 17.6. The van der Waals surface area contributed by atoms with E-state index in [1.165, 1.54) is 0 Å². The first kappa shape index (κ1) is 25.7. The van der Waals surface area contributed by atoms with E-state index in [1.807, 2.05) is 60.8 Å². The molecule has 3 heterocycles. The smallest absolute Gasteiger partial charge is 0.173 e. The van der Waals surface area contributed by atoms with E-state index in [0.29, 0.717) is 12.5 Å². The Bertz CT molecular complexity index is 1370. The molecular formula is C29H33N7OS. The minimum Gasteiger partial charge on any atom is -0.497 e. The molecule has 0 aliphatic carbocycles. The average molecular weight is 528 g/mol. The zero-order valence-electron chi connectivity index (χ0n) is 22.0. The Labute approximate surface area is 229 Å². The Morgan fingerprint density at radius 3 is 2.61 bits per heavy atom. The van der Waals surface area contributed by atoms with E-state index in [-0.39, 0.29) is 6.04 Å². The summed E-state index contributed by atoms with van der Waals surface area (Å²) in [5.41, 5.74) is 3.08. The van der Waals surface area contributed by atoms with E-state index in [4.69, 9.17) is 17.0 Å². The summed E-state index contributed by atoms with van der Waals surface area (Å²) in [4.78, 5) is 9.07. The number of hydrogen-bond acceptors (Lipinski definition) is 7. The molecule has 0 saturated carbocycles. The minimum absolute atomic E-state index is 0.242. The monoisotopic (exact) mass is 527 g/mol. The van der Waals surface area contributed by atoms with Crippen LogP contribution in [0.1, 0.15) is 19.4 Å². The molecule has 5 rings (SSSR count). The van der Waals surface area contributed by atoms with Gasteiger partial charge >= 0.3 is 0 Å². The number of aromatic nitrogens is 3. The number of nitrogens with one attached hydrogen (secondary N) is 2. The van der Waals surface area contributed by atoms with Crippen molar-refractivity contribution in [3.05, 3.63) is 78.5 Å². The van der Waals surface area contributed by atoms with Gasteiger partial charge in [0.05, 0.1) is 18.7 Å². The van der Waals surface area contributed by atoms with Crippen LogP contribution in [0.25, 0.3) is 10.9 Å². The normalized spacial score (nSPS) is 15.5. The molecule has 2 aromatic carbocycles. The highest BCUT2D eigenvalue weighted by Gasteiger charge is 2.31. The van der Waals surface area contributed by atoms with Gasteiger partial charge in [0.15, 0.2) is 10.9 Å². The minimum atomic E-state index is 0.242. The van der Waals surface area contributed by atoms with Crippen molar-refractivity contribution >= 4 is 45.6 Å². The molecule has 4 aromatic rings. The number of benzene rings is 2. The van der Waals surface area contributed by atoms with Gasteiger partial charge in [-0.3, -0.25) is 4.98 Å². The molecule has 0 spiro atoms. The standard InChI is InChI=1S/C29H33N7OS/c1-20(2)26-19-35(28-14-13-27(33-34-28)31-18-21-9-11-22(37-3)12-10-21)16-17-36(26)29(38)32-25-8-4-7-24-23(25)6-5-15-30-24/h4-15,20,26H,16-19H2,1-3H3,(H,31,33)(H,32,38). The van der Waals surface area contributed by atoms with Crippen molar-refractivity contribution in [1.29, 1.82) is 0 Å². The van der Waals surface area contributed by atoms with E-state index >= 15 is 0 Å². The lowest BCUT2D eigenvalue weighted by molar-refractivity contribution is 0.227. The predicted molar refractivity (Wildman–Crippen MR) is 158 cm³/mol. The van der Waals surface area contributed by atoms with Crippen molar-refractivity contribution in [3.63, 3.8) is 0 Å². The van der Waals surface area contributed by atoms with Crippen LogP contribution in [0, 0.1) is 5.92 Å². The lowest BCUT2D eigenvalue weighted by atomic mass is 10.00. The van der Waals surface area contributed by atoms with Crippen LogP contribution in [0.5, 0.6) is 5.75 Å². The molecule has 2 N–H and O–H groups in total. The number of nitrogens with zero attached hydrogens (tertiary/aromatic N) is 5. The molecule has 196 valence electrons. The SMILES string of the molecule is COc1ccc(CNc2ccc(N3CCN(C(=S)Nc4cccc5ncccc45)C(C(C)C)C3)nn2)cc1. The van der Waals surface area contributed by atoms with Crippen molar-refractivity contribution in [1.82, 2.24) is 20.1 Å². The number of ether oxygens (including phenoxy) is 1. The maximum atomic E-state index is 5.90. The van der Waals surface area contributed by atoms with Crippen LogP contribution in [0.4, 0.5) is 17.3 Å². The molecule has 1 saturated heterocycles. The second-order valence-corrected chi connectivity index (χ2v) is 10.1. The number of pyridine rings is 1. The number of methoxy groups -OCH3 is 1. The van der Waals surface area contributed by atoms with E-state index < -0.39 is 0 Å². The number of piperazine rings is 1. The maximum absolute atomic E-state index is 5.90. The molecule has 1 aliphatic heterocycles. The molecule has 1 fully saturated rings. The lowest BCUT2D eigenvalue weighted by Gasteiger charge is -2.45. The summed E-state index contributed by atoms with van der Waals surface area (Å²) in [5.74, 6) is 2.88. The zero-order chi connectivity index (χ0) is 26.5. The number of anilines is 3. The van der Waals surface area contributed by atoms with Gasteiger partial charge in [0, 0.05) is 43.4 Å². The number of rotatable bonds is 7. The van der Waals surface area contributed by atoms with E-state index in [9.17, 15) is 0 Å². The summed E-state index contributed by atoms with van der Waals surface area (Å²) in [6, 6.07) is 22.3. The molecule has 0 amide bonds. The largest absolute Gasteiger partial charge is 0.497 e. The van der Waals surface area contributed by atoms with Crippen molar-refractivity contribution in [2.45, 2.75) is 26.4 Å². The second-order valence-electron chi connectivity index (χ2n) is 9.73. The molecule has 0 bridgehead atoms. The molecule has 9 heteroatoms. The summed E-state index contributed by atoms with van der Waals surface area (Å²) >= 11 is 5.90. The van der Waals surface area contributed by atoms with E-state index in [0.717, 1.165) is 64.3 Å². The van der Waals surface area contributed by atoms with E-state index in [2.05, 4.69) is 61.6 Å². The summed E-state index contributed by atoms with van der Waals surface area (Å²) < 4.78 is 5.22. The molecule has 1 unspecified atom stereocenters. The molecular weight excluding hydrogens is 494 g/mol. The van der Waals surface area contributed by atoms with Crippen molar-refractivity contribution in [2.24, 2.45) is 5.92 Å². The van der Waals surface area contributed by atoms with Crippen LogP contribution in [0.3, 0.4) is 0 Å². The third-order valence-electron chi connectivity index (χ3n) is 6.94. The quantitative estimate of drug-likeness (QED) is 0.316. The van der Waals surface area contributed by atoms with Crippen LogP contribution in [-0.4, -0.2) is 58.0 Å². The summed E-state index contributed by atoms with van der Waals surface area (Å²) in [7, 11) is 1.67. The molecule has 38 heavy (non-hydrogen) atoms. The van der Waals surface area contributed by atoms with Gasteiger partial charge in [-0.05, 0) is 72.2 Å². The third kappa shape index (κ3) is 5.78. The van der Waals surface area contributed by atoms with Crippen LogP contribution < -0.4 is 20.3 Å². The first-order valence-electron chi connectivity index (χ1n) is 12.9. The molecule has 0 radical (unpaired) electrons. The molecule has 1 aliphatic rings. The van der Waals surface area contributed by atoms with Crippen molar-refractivity contribution in [2.75, 3.05) is 42.3 Å². The average Bonchev–Trinajstić information content (AvgIpc) is 2.96. The Balaban J connectivity index is 1.22. The zero-order valence-corrected chi connectivity index (χ0v) is 22.8. The van der Waals surface area contributed by atoms with Gasteiger partial charge < -0.3 is 25.2 Å². The molecule has 8 nitrogen and oxygen atoms in total. The Kier molecular flexibility index (Phi) is 7.83. The van der Waals surface area contributed by atoms with Gasteiger partial charge in [-0.1, -0.05) is 32.0 Å². The highest BCUT2D eigenvalue weighted by Crippen LogP contribution is 2.25. The first-order chi connectivity index (χ1) is 18.5. The second kappa shape index (κ2) is 11.6. The molecule has 2 aromatic heterocycles. The van der Waals surface area contributed by atoms with Crippen LogP contribution in [-0.2, 0) is 6.54 Å². The number of fused-ring (bicyclic) bond motifs is 1. The van der Waals surface area contributed by atoms with Crippen LogP contribution >= 0.6 is 12.2 Å². The van der Waals surface area contributed by atoms with E-state index in [1.54, 1.807) is 7.11 Å². The van der Waals surface area contributed by atoms with Gasteiger partial charge in [0.25, 0.3) is 0 Å². The fourth-order valence-electron chi connectivity index (χ4n) is 4.76. The van der Waals surface area contributed by atoms with Gasteiger partial charge in [-0.25, -0.2) is 0 Å². The van der Waals surface area contributed by atoms with Gasteiger partial charge in [0.2, 0.25) is 0 Å². The fraction of sp³-hybridized carbons (Fsp3) is 0.310. The lowest BCUT2D eigenvalue weighted by Crippen LogP contribution is -2.58. The number of thiocarbonyl (C=S) groups is 1. The Hall–Kier alpha value is -3.98. The molecule has 1 atom stereocenters. The number of hydrogen-bond donors (Lipinski definition) is 2. The van der Waals surface area contributed by atoms with Crippen LogP contribution in [0.2, 0.25) is 0 Å². The summed E-state index contributed by atoms with van der Waals surface area (Å²) in [6.45, 7) is 7.59. The van der Waals surface area contributed by atoms with Gasteiger partial charge in [0.1, 0.15) is 11.6 Å². The highest BCUT2D eigenvalue weighted by molar-refractivity contribution is 7.80. The fourth-order valence-corrected chi connectivity index (χ4v) is 5.10. The van der Waals surface area contributed by atoms with Crippen molar-refractivity contribution < 1.29 is 4.74 Å². The predicted octanol–water partition coefficient (Wildman–Crippen LogP) is 5.19. The third-order valence-corrected chi connectivity index (χ3v) is 7.28. The summed E-state index contributed by atoms with van der Waals surface area (Å²) in [6.07, 6.45) is 1.81. The van der Waals surface area contributed by atoms with Gasteiger partial charge in [-0.2, -0.15) is 0 Å². The first-order valence-corrected chi connectivity index (χ1v) is 13.3. The maximum Gasteiger partial charge on any atom is 0.173 e. The van der Waals surface area contributed by atoms with Crippen molar-refractivity contribution in [3.8, 4) is 5.75 Å². The van der Waals surface area contributed by atoms with Crippen LogP contribution in [0.15, 0.2) is 72.9 Å². The topological polar surface area (TPSA) is 78.4 Å². The Morgan fingerprint density at radius 1 is 1.03 bits per heavy atom. The Morgan fingerprint density at radius 2 is 1.87 bits per heavy atom. The highest BCUT2D eigenvalue weighted by atomic mass is 32.1. The van der Waals surface area contributed by atoms with Gasteiger partial charge in [-0.15, -0.1) is 10.2 Å².